The minimum absolute atomic E-state index is 0.132. The number of aliphatic imine (C=N–C) groups is 1. The van der Waals surface area contributed by atoms with Crippen molar-refractivity contribution in [2.24, 2.45) is 4.99 Å². The van der Waals surface area contributed by atoms with Gasteiger partial charge in [-0.1, -0.05) is 0 Å². The number of aromatic nitrogens is 1. The number of pyridine rings is 1. The van der Waals surface area contributed by atoms with Gasteiger partial charge < -0.3 is 20.9 Å². The fourth-order valence-electron chi connectivity index (χ4n) is 2.91. The number of rotatable bonds is 5. The van der Waals surface area contributed by atoms with Crippen LogP contribution in [0.5, 0.6) is 0 Å². The van der Waals surface area contributed by atoms with Crippen molar-refractivity contribution in [2.75, 3.05) is 37.4 Å². The molecule has 0 radical (unpaired) electrons. The predicted octanol–water partition coefficient (Wildman–Crippen LogP) is 2.38. The molecule has 0 unspecified atom stereocenters. The third-order valence-corrected chi connectivity index (χ3v) is 4.30. The van der Waals surface area contributed by atoms with E-state index in [2.05, 4.69) is 44.6 Å². The highest BCUT2D eigenvalue weighted by molar-refractivity contribution is 5.95. The summed E-state index contributed by atoms with van der Waals surface area (Å²) >= 11 is 0. The standard InChI is InChI=1S/C19H24N6O/c1-13-4-6-17(20-2)18(24-13)22-12-23-19(26)14-5-7-16-15(10-14)11-25(3)9-8-21-16/h4-7,10,21H,2,8-9,11-12H2,1,3H3,(H,22,24)(H,23,26). The van der Waals surface area contributed by atoms with Crippen LogP contribution in [0.4, 0.5) is 17.2 Å². The van der Waals surface area contributed by atoms with Gasteiger partial charge >= 0.3 is 0 Å². The minimum atomic E-state index is -0.132. The quantitative estimate of drug-likeness (QED) is 0.569. The molecule has 0 spiro atoms. The van der Waals surface area contributed by atoms with Crippen molar-refractivity contribution in [2.45, 2.75) is 13.5 Å². The predicted molar refractivity (Wildman–Crippen MR) is 105 cm³/mol. The van der Waals surface area contributed by atoms with Crippen molar-refractivity contribution in [1.29, 1.82) is 0 Å². The number of aryl methyl sites for hydroxylation is 1. The Morgan fingerprint density at radius 3 is 3.04 bits per heavy atom. The number of carbonyl (C=O) groups excluding carboxylic acids is 1. The van der Waals surface area contributed by atoms with Gasteiger partial charge in [0.1, 0.15) is 5.69 Å². The molecule has 1 amide bonds. The molecule has 0 aliphatic carbocycles. The lowest BCUT2D eigenvalue weighted by molar-refractivity contribution is 0.0956. The number of anilines is 2. The zero-order valence-electron chi connectivity index (χ0n) is 15.2. The van der Waals surface area contributed by atoms with Crippen molar-refractivity contribution in [3.05, 3.63) is 47.2 Å². The smallest absolute Gasteiger partial charge is 0.252 e. The number of hydrogen-bond acceptors (Lipinski definition) is 6. The highest BCUT2D eigenvalue weighted by atomic mass is 16.1. The Bertz CT molecular complexity index is 820. The van der Waals surface area contributed by atoms with Crippen LogP contribution in [0, 0.1) is 6.92 Å². The second-order valence-corrected chi connectivity index (χ2v) is 6.37. The maximum Gasteiger partial charge on any atom is 0.252 e. The SMILES string of the molecule is C=Nc1ccc(C)nc1NCNC(=O)c1ccc2c(c1)CN(C)CCN2. The maximum atomic E-state index is 12.5. The van der Waals surface area contributed by atoms with Gasteiger partial charge in [0.05, 0.1) is 6.67 Å². The van der Waals surface area contributed by atoms with Gasteiger partial charge in [-0.3, -0.25) is 9.79 Å². The fourth-order valence-corrected chi connectivity index (χ4v) is 2.91. The van der Waals surface area contributed by atoms with E-state index in [9.17, 15) is 4.79 Å². The van der Waals surface area contributed by atoms with E-state index >= 15 is 0 Å². The number of benzene rings is 1. The molecule has 1 aliphatic rings. The molecule has 1 aliphatic heterocycles. The van der Waals surface area contributed by atoms with E-state index in [4.69, 9.17) is 0 Å². The maximum absolute atomic E-state index is 12.5. The van der Waals surface area contributed by atoms with Crippen LogP contribution in [-0.4, -0.2) is 49.3 Å². The van der Waals surface area contributed by atoms with Gasteiger partial charge in [0.2, 0.25) is 0 Å². The molecule has 3 N–H and O–H groups in total. The van der Waals surface area contributed by atoms with Gasteiger partial charge in [-0.15, -0.1) is 0 Å². The summed E-state index contributed by atoms with van der Waals surface area (Å²) < 4.78 is 0. The summed E-state index contributed by atoms with van der Waals surface area (Å²) in [5.41, 5.74) is 4.39. The lowest BCUT2D eigenvalue weighted by Crippen LogP contribution is -2.29. The Kier molecular flexibility index (Phi) is 5.48. The van der Waals surface area contributed by atoms with E-state index in [0.29, 0.717) is 17.1 Å². The van der Waals surface area contributed by atoms with Gasteiger partial charge in [-0.2, -0.15) is 0 Å². The Hall–Kier alpha value is -2.93. The number of nitrogens with zero attached hydrogens (tertiary/aromatic N) is 3. The van der Waals surface area contributed by atoms with Crippen LogP contribution in [0.2, 0.25) is 0 Å². The minimum Gasteiger partial charge on any atom is -0.383 e. The summed E-state index contributed by atoms with van der Waals surface area (Å²) in [4.78, 5) is 23.0. The van der Waals surface area contributed by atoms with Crippen LogP contribution in [-0.2, 0) is 6.54 Å². The van der Waals surface area contributed by atoms with Crippen molar-refractivity contribution in [3.63, 3.8) is 0 Å². The van der Waals surface area contributed by atoms with Crippen LogP contribution >= 0.6 is 0 Å². The first-order chi connectivity index (χ1) is 12.6. The lowest BCUT2D eigenvalue weighted by atomic mass is 10.1. The third kappa shape index (κ3) is 4.18. The average Bonchev–Trinajstić information content (AvgIpc) is 2.81. The zero-order valence-corrected chi connectivity index (χ0v) is 15.2. The molecular weight excluding hydrogens is 328 g/mol. The third-order valence-electron chi connectivity index (χ3n) is 4.30. The molecule has 3 rings (SSSR count). The Balaban J connectivity index is 1.64. The highest BCUT2D eigenvalue weighted by Crippen LogP contribution is 2.22. The monoisotopic (exact) mass is 352 g/mol. The number of nitrogens with one attached hydrogen (secondary N) is 3. The molecular formula is C19H24N6O. The first-order valence-corrected chi connectivity index (χ1v) is 8.58. The molecule has 1 aromatic carbocycles. The van der Waals surface area contributed by atoms with E-state index in [1.54, 1.807) is 0 Å². The second-order valence-electron chi connectivity index (χ2n) is 6.37. The highest BCUT2D eigenvalue weighted by Gasteiger charge is 2.14. The van der Waals surface area contributed by atoms with Crippen LogP contribution < -0.4 is 16.0 Å². The molecule has 2 aromatic rings. The normalized spacial score (nSPS) is 13.9. The van der Waals surface area contributed by atoms with Crippen LogP contribution in [0.25, 0.3) is 0 Å². The summed E-state index contributed by atoms with van der Waals surface area (Å²) in [5, 5.41) is 9.35. The number of hydrogen-bond donors (Lipinski definition) is 3. The summed E-state index contributed by atoms with van der Waals surface area (Å²) in [6.07, 6.45) is 0. The Morgan fingerprint density at radius 1 is 1.38 bits per heavy atom. The molecule has 0 atom stereocenters. The van der Waals surface area contributed by atoms with Crippen molar-refractivity contribution >= 4 is 29.8 Å². The van der Waals surface area contributed by atoms with Crippen molar-refractivity contribution in [3.8, 4) is 0 Å². The summed E-state index contributed by atoms with van der Waals surface area (Å²) in [6.45, 7) is 8.40. The number of fused-ring (bicyclic) bond motifs is 1. The number of likely N-dealkylation sites (N-methyl/N-ethyl adjacent to an activating group) is 1. The zero-order chi connectivity index (χ0) is 18.5. The Labute approximate surface area is 153 Å². The molecule has 1 aromatic heterocycles. The molecule has 7 heteroatoms. The first kappa shape index (κ1) is 17.9. The summed E-state index contributed by atoms with van der Waals surface area (Å²) in [7, 11) is 2.08. The Morgan fingerprint density at radius 2 is 2.23 bits per heavy atom. The molecule has 136 valence electrons. The lowest BCUT2D eigenvalue weighted by Gasteiger charge is -2.14. The number of carbonyl (C=O) groups is 1. The summed E-state index contributed by atoms with van der Waals surface area (Å²) in [6, 6.07) is 9.47. The van der Waals surface area contributed by atoms with Crippen LogP contribution in [0.1, 0.15) is 21.6 Å². The largest absolute Gasteiger partial charge is 0.383 e. The van der Waals surface area contributed by atoms with Crippen molar-refractivity contribution in [1.82, 2.24) is 15.2 Å². The number of amides is 1. The molecule has 0 fully saturated rings. The molecule has 26 heavy (non-hydrogen) atoms. The van der Waals surface area contributed by atoms with Gasteiger partial charge in [0, 0.05) is 36.6 Å². The van der Waals surface area contributed by atoms with Crippen LogP contribution in [0.15, 0.2) is 35.3 Å². The second kappa shape index (κ2) is 7.97. The van der Waals surface area contributed by atoms with Gasteiger partial charge in [-0.25, -0.2) is 4.98 Å². The van der Waals surface area contributed by atoms with E-state index in [-0.39, 0.29) is 12.6 Å². The van der Waals surface area contributed by atoms with E-state index in [1.807, 2.05) is 37.3 Å². The molecule has 0 saturated carbocycles. The van der Waals surface area contributed by atoms with Crippen LogP contribution in [0.3, 0.4) is 0 Å². The van der Waals surface area contributed by atoms with Gasteiger partial charge in [0.25, 0.3) is 5.91 Å². The first-order valence-electron chi connectivity index (χ1n) is 8.58. The topological polar surface area (TPSA) is 81.6 Å². The average molecular weight is 352 g/mol. The molecule has 2 heterocycles. The van der Waals surface area contributed by atoms with Gasteiger partial charge in [0.15, 0.2) is 5.82 Å². The fraction of sp³-hybridized carbons (Fsp3) is 0.316. The molecule has 0 bridgehead atoms. The molecule has 7 nitrogen and oxygen atoms in total. The van der Waals surface area contributed by atoms with E-state index < -0.39 is 0 Å². The van der Waals surface area contributed by atoms with Crippen molar-refractivity contribution < 1.29 is 4.79 Å². The molecule has 0 saturated heterocycles. The van der Waals surface area contributed by atoms with E-state index in [1.165, 1.54) is 0 Å². The summed E-state index contributed by atoms with van der Waals surface area (Å²) in [5.74, 6) is 0.473. The van der Waals surface area contributed by atoms with E-state index in [0.717, 1.165) is 36.6 Å². The van der Waals surface area contributed by atoms with Gasteiger partial charge in [-0.05, 0) is 56.6 Å².